The number of carbonyl (C=O) groups excluding carboxylic acids is 1. The summed E-state index contributed by atoms with van der Waals surface area (Å²) in [6.45, 7) is 5.16. The van der Waals surface area contributed by atoms with Gasteiger partial charge < -0.3 is 10.6 Å². The molecule has 0 aliphatic carbocycles. The van der Waals surface area contributed by atoms with Crippen LogP contribution in [-0.2, 0) is 4.79 Å². The van der Waals surface area contributed by atoms with Crippen LogP contribution in [0.25, 0.3) is 10.8 Å². The summed E-state index contributed by atoms with van der Waals surface area (Å²) in [5, 5.41) is 8.65. The van der Waals surface area contributed by atoms with Gasteiger partial charge in [-0.25, -0.2) is 4.98 Å². The summed E-state index contributed by atoms with van der Waals surface area (Å²) in [5.74, 6) is 1.84. The Hall–Kier alpha value is -2.10. The highest BCUT2D eigenvalue weighted by molar-refractivity contribution is 6.03. The first-order chi connectivity index (χ1) is 10.2. The summed E-state index contributed by atoms with van der Waals surface area (Å²) in [5.41, 5.74) is 1.16. The Labute approximate surface area is 125 Å². The molecular formula is C17H21N3O. The van der Waals surface area contributed by atoms with Gasteiger partial charge in [-0.1, -0.05) is 44.5 Å². The number of unbranched alkanes of at least 4 members (excludes halogenated alkanes) is 1. The molecule has 0 radical (unpaired) electrons. The van der Waals surface area contributed by atoms with Crippen LogP contribution >= 0.6 is 0 Å². The van der Waals surface area contributed by atoms with E-state index in [1.54, 1.807) is 0 Å². The molecule has 0 spiro atoms. The van der Waals surface area contributed by atoms with Crippen LogP contribution in [0.4, 0.5) is 11.6 Å². The molecule has 2 heterocycles. The van der Waals surface area contributed by atoms with Gasteiger partial charge in [0, 0.05) is 23.9 Å². The largest absolute Gasteiger partial charge is 0.369 e. The second kappa shape index (κ2) is 5.72. The predicted octanol–water partition coefficient (Wildman–Crippen LogP) is 3.89. The fourth-order valence-electron chi connectivity index (χ4n) is 2.96. The monoisotopic (exact) mass is 283 g/mol. The second-order valence-electron chi connectivity index (χ2n) is 5.70. The SMILES string of the molecule is CCCCNc1nc2c(c3ccccc13)C(C)CC(=O)N2. The lowest BCUT2D eigenvalue weighted by atomic mass is 9.90. The lowest BCUT2D eigenvalue weighted by Gasteiger charge is -2.25. The Morgan fingerprint density at radius 2 is 2.10 bits per heavy atom. The highest BCUT2D eigenvalue weighted by Gasteiger charge is 2.26. The predicted molar refractivity (Wildman–Crippen MR) is 86.8 cm³/mol. The van der Waals surface area contributed by atoms with Crippen LogP contribution in [0.2, 0.25) is 0 Å². The highest BCUT2D eigenvalue weighted by atomic mass is 16.1. The zero-order valence-corrected chi connectivity index (χ0v) is 12.6. The van der Waals surface area contributed by atoms with Gasteiger partial charge in [0.05, 0.1) is 0 Å². The van der Waals surface area contributed by atoms with Crippen LogP contribution in [-0.4, -0.2) is 17.4 Å². The molecule has 1 atom stereocenters. The lowest BCUT2D eigenvalue weighted by molar-refractivity contribution is -0.116. The van der Waals surface area contributed by atoms with Crippen molar-refractivity contribution in [2.45, 2.75) is 39.0 Å². The number of amides is 1. The number of hydrogen-bond acceptors (Lipinski definition) is 3. The molecule has 1 aromatic carbocycles. The van der Waals surface area contributed by atoms with E-state index in [1.807, 2.05) is 12.1 Å². The van der Waals surface area contributed by atoms with Crippen LogP contribution in [0.15, 0.2) is 24.3 Å². The van der Waals surface area contributed by atoms with Gasteiger partial charge in [0.25, 0.3) is 0 Å². The minimum Gasteiger partial charge on any atom is -0.369 e. The van der Waals surface area contributed by atoms with Gasteiger partial charge >= 0.3 is 0 Å². The van der Waals surface area contributed by atoms with Crippen molar-refractivity contribution < 1.29 is 4.79 Å². The van der Waals surface area contributed by atoms with E-state index in [0.29, 0.717) is 6.42 Å². The topological polar surface area (TPSA) is 54.0 Å². The molecule has 4 heteroatoms. The van der Waals surface area contributed by atoms with Gasteiger partial charge in [-0.3, -0.25) is 4.79 Å². The third kappa shape index (κ3) is 2.58. The fourth-order valence-corrected chi connectivity index (χ4v) is 2.96. The lowest BCUT2D eigenvalue weighted by Crippen LogP contribution is -2.23. The van der Waals surface area contributed by atoms with Gasteiger partial charge in [0.1, 0.15) is 11.6 Å². The van der Waals surface area contributed by atoms with E-state index in [1.165, 1.54) is 5.39 Å². The Morgan fingerprint density at radius 1 is 1.33 bits per heavy atom. The van der Waals surface area contributed by atoms with Crippen LogP contribution in [0.5, 0.6) is 0 Å². The van der Waals surface area contributed by atoms with E-state index in [2.05, 4.69) is 41.6 Å². The smallest absolute Gasteiger partial charge is 0.226 e. The molecule has 1 unspecified atom stereocenters. The Balaban J connectivity index is 2.12. The molecule has 0 bridgehead atoms. The average Bonchev–Trinajstić information content (AvgIpc) is 2.46. The molecule has 3 rings (SSSR count). The maximum atomic E-state index is 11.8. The number of rotatable bonds is 4. The number of benzene rings is 1. The summed E-state index contributed by atoms with van der Waals surface area (Å²) in [4.78, 5) is 16.4. The van der Waals surface area contributed by atoms with Crippen molar-refractivity contribution in [3.8, 4) is 0 Å². The van der Waals surface area contributed by atoms with E-state index in [-0.39, 0.29) is 11.8 Å². The molecule has 1 aromatic heterocycles. The van der Waals surface area contributed by atoms with Crippen LogP contribution in [0.1, 0.15) is 44.6 Å². The van der Waals surface area contributed by atoms with Gasteiger partial charge in [-0.2, -0.15) is 0 Å². The third-order valence-electron chi connectivity index (χ3n) is 4.02. The van der Waals surface area contributed by atoms with Crippen molar-refractivity contribution in [2.75, 3.05) is 17.2 Å². The molecule has 1 amide bonds. The normalized spacial score (nSPS) is 17.4. The summed E-state index contributed by atoms with van der Waals surface area (Å²) in [6.07, 6.45) is 2.78. The van der Waals surface area contributed by atoms with Crippen LogP contribution in [0, 0.1) is 0 Å². The quantitative estimate of drug-likeness (QED) is 0.837. The summed E-state index contributed by atoms with van der Waals surface area (Å²) < 4.78 is 0. The summed E-state index contributed by atoms with van der Waals surface area (Å²) in [6, 6.07) is 8.30. The number of carbonyl (C=O) groups is 1. The second-order valence-corrected chi connectivity index (χ2v) is 5.70. The Bertz CT molecular complexity index is 681. The molecule has 4 nitrogen and oxygen atoms in total. The van der Waals surface area contributed by atoms with Crippen LogP contribution < -0.4 is 10.6 Å². The van der Waals surface area contributed by atoms with Crippen molar-refractivity contribution in [3.05, 3.63) is 29.8 Å². The number of aromatic nitrogens is 1. The van der Waals surface area contributed by atoms with Gasteiger partial charge in [-0.05, 0) is 17.7 Å². The maximum absolute atomic E-state index is 11.8. The molecule has 0 saturated carbocycles. The van der Waals surface area contributed by atoms with Crippen molar-refractivity contribution in [1.29, 1.82) is 0 Å². The number of hydrogen-bond donors (Lipinski definition) is 2. The summed E-state index contributed by atoms with van der Waals surface area (Å²) >= 11 is 0. The molecule has 21 heavy (non-hydrogen) atoms. The van der Waals surface area contributed by atoms with Gasteiger partial charge in [0.2, 0.25) is 5.91 Å². The molecule has 0 fully saturated rings. The van der Waals surface area contributed by atoms with E-state index in [9.17, 15) is 4.79 Å². The third-order valence-corrected chi connectivity index (χ3v) is 4.02. The maximum Gasteiger partial charge on any atom is 0.226 e. The van der Waals surface area contributed by atoms with E-state index in [0.717, 1.165) is 42.0 Å². The molecule has 2 N–H and O–H groups in total. The first-order valence-corrected chi connectivity index (χ1v) is 7.67. The molecule has 0 saturated heterocycles. The minimum atomic E-state index is 0.0530. The number of anilines is 2. The Kier molecular flexibility index (Phi) is 3.78. The first kappa shape index (κ1) is 13.9. The highest BCUT2D eigenvalue weighted by Crippen LogP contribution is 2.38. The number of nitrogens with zero attached hydrogens (tertiary/aromatic N) is 1. The van der Waals surface area contributed by atoms with Gasteiger partial charge in [-0.15, -0.1) is 0 Å². The van der Waals surface area contributed by atoms with Crippen molar-refractivity contribution in [3.63, 3.8) is 0 Å². The zero-order valence-electron chi connectivity index (χ0n) is 12.6. The van der Waals surface area contributed by atoms with E-state index >= 15 is 0 Å². The molecule has 1 aliphatic rings. The fraction of sp³-hybridized carbons (Fsp3) is 0.412. The minimum absolute atomic E-state index is 0.0530. The van der Waals surface area contributed by atoms with E-state index in [4.69, 9.17) is 0 Å². The molecular weight excluding hydrogens is 262 g/mol. The van der Waals surface area contributed by atoms with Crippen molar-refractivity contribution in [1.82, 2.24) is 4.98 Å². The van der Waals surface area contributed by atoms with Gasteiger partial charge in [0.15, 0.2) is 0 Å². The molecule has 110 valence electrons. The standard InChI is InChI=1S/C17H21N3O/c1-3-4-9-18-16-13-8-6-5-7-12(13)15-11(2)10-14(21)19-17(15)20-16/h5-8,11H,3-4,9-10H2,1-2H3,(H2,18,19,20,21). The zero-order chi connectivity index (χ0) is 14.8. The molecule has 1 aliphatic heterocycles. The van der Waals surface area contributed by atoms with Crippen molar-refractivity contribution in [2.24, 2.45) is 0 Å². The van der Waals surface area contributed by atoms with Crippen molar-refractivity contribution >= 4 is 28.3 Å². The molecule has 2 aromatic rings. The Morgan fingerprint density at radius 3 is 2.86 bits per heavy atom. The van der Waals surface area contributed by atoms with E-state index < -0.39 is 0 Å². The average molecular weight is 283 g/mol. The number of nitrogens with one attached hydrogen (secondary N) is 2. The van der Waals surface area contributed by atoms with Crippen LogP contribution in [0.3, 0.4) is 0 Å². The first-order valence-electron chi connectivity index (χ1n) is 7.67. The number of fused-ring (bicyclic) bond motifs is 3. The summed E-state index contributed by atoms with van der Waals surface area (Å²) in [7, 11) is 0. The number of pyridine rings is 1.